The molecular formula is C11H16N4O3. The third-order valence-electron chi connectivity index (χ3n) is 3.31. The lowest BCUT2D eigenvalue weighted by Crippen LogP contribution is -2.48. The van der Waals surface area contributed by atoms with Crippen LogP contribution in [-0.2, 0) is 11.8 Å². The van der Waals surface area contributed by atoms with Gasteiger partial charge in [0.25, 0.3) is 0 Å². The summed E-state index contributed by atoms with van der Waals surface area (Å²) in [4.78, 5) is 22.7. The van der Waals surface area contributed by atoms with Crippen molar-refractivity contribution >= 4 is 17.8 Å². The first kappa shape index (κ1) is 12.4. The first-order valence-electron chi connectivity index (χ1n) is 5.80. The van der Waals surface area contributed by atoms with E-state index in [-0.39, 0.29) is 6.54 Å². The highest BCUT2D eigenvalue weighted by atomic mass is 16.4. The van der Waals surface area contributed by atoms with Gasteiger partial charge in [-0.2, -0.15) is 5.10 Å². The number of carboxylic acids is 1. The fourth-order valence-corrected chi connectivity index (χ4v) is 1.96. The predicted molar refractivity (Wildman–Crippen MR) is 64.1 cm³/mol. The summed E-state index contributed by atoms with van der Waals surface area (Å²) in [6.45, 7) is 0.154. The smallest absolute Gasteiger partial charge is 0.320 e. The molecule has 1 fully saturated rings. The summed E-state index contributed by atoms with van der Waals surface area (Å²) in [6.07, 6.45) is 3.84. The molecule has 2 rings (SSSR count). The monoisotopic (exact) mass is 252 g/mol. The number of amides is 2. The molecule has 3 N–H and O–H groups in total. The summed E-state index contributed by atoms with van der Waals surface area (Å²) < 4.78 is 1.57. The zero-order chi connectivity index (χ0) is 13.2. The number of aromatic nitrogens is 2. The molecule has 0 atom stereocenters. The van der Waals surface area contributed by atoms with E-state index in [4.69, 9.17) is 5.11 Å². The van der Waals surface area contributed by atoms with Crippen LogP contribution in [0.4, 0.5) is 10.6 Å². The van der Waals surface area contributed by atoms with Gasteiger partial charge in [0.15, 0.2) is 5.82 Å². The molecule has 0 aromatic carbocycles. The Morgan fingerprint density at radius 1 is 1.56 bits per heavy atom. The number of anilines is 1. The first-order valence-corrected chi connectivity index (χ1v) is 5.80. The molecule has 1 aromatic heterocycles. The van der Waals surface area contributed by atoms with E-state index in [0.717, 1.165) is 6.42 Å². The highest BCUT2D eigenvalue weighted by molar-refractivity contribution is 5.88. The minimum atomic E-state index is -0.841. The summed E-state index contributed by atoms with van der Waals surface area (Å²) in [7, 11) is 1.75. The molecule has 1 aromatic rings. The van der Waals surface area contributed by atoms with Gasteiger partial charge in [-0.15, -0.1) is 0 Å². The van der Waals surface area contributed by atoms with Crippen LogP contribution in [0.1, 0.15) is 19.3 Å². The van der Waals surface area contributed by atoms with E-state index in [2.05, 4.69) is 15.7 Å². The molecule has 0 unspecified atom stereocenters. The Morgan fingerprint density at radius 2 is 2.28 bits per heavy atom. The number of nitrogens with zero attached hydrogens (tertiary/aromatic N) is 2. The first-order chi connectivity index (χ1) is 8.52. The second kappa shape index (κ2) is 4.67. The van der Waals surface area contributed by atoms with Crippen LogP contribution in [-0.4, -0.2) is 33.4 Å². The summed E-state index contributed by atoms with van der Waals surface area (Å²) in [5.41, 5.74) is -0.776. The molecule has 98 valence electrons. The van der Waals surface area contributed by atoms with Crippen molar-refractivity contribution < 1.29 is 14.7 Å². The number of rotatable bonds is 4. The maximum atomic E-state index is 11.6. The van der Waals surface area contributed by atoms with E-state index in [1.54, 1.807) is 24.0 Å². The van der Waals surface area contributed by atoms with E-state index >= 15 is 0 Å². The van der Waals surface area contributed by atoms with Gasteiger partial charge in [-0.05, 0) is 12.8 Å². The second-order valence-electron chi connectivity index (χ2n) is 4.62. The Balaban J connectivity index is 1.83. The normalized spacial score (nSPS) is 16.7. The fraction of sp³-hybridized carbons (Fsp3) is 0.545. The van der Waals surface area contributed by atoms with Crippen LogP contribution < -0.4 is 10.6 Å². The molecule has 2 amide bonds. The van der Waals surface area contributed by atoms with Gasteiger partial charge in [-0.1, -0.05) is 6.42 Å². The van der Waals surface area contributed by atoms with Crippen molar-refractivity contribution in [3.05, 3.63) is 12.3 Å². The molecule has 1 heterocycles. The van der Waals surface area contributed by atoms with Crippen LogP contribution in [0.5, 0.6) is 0 Å². The van der Waals surface area contributed by atoms with Crippen LogP contribution in [0.3, 0.4) is 0 Å². The molecule has 0 saturated heterocycles. The number of carbonyl (C=O) groups excluding carboxylic acids is 1. The Hall–Kier alpha value is -2.05. The Labute approximate surface area is 104 Å². The van der Waals surface area contributed by atoms with E-state index < -0.39 is 17.4 Å². The Kier molecular flexibility index (Phi) is 3.22. The van der Waals surface area contributed by atoms with Crippen molar-refractivity contribution in [1.29, 1.82) is 0 Å². The fourth-order valence-electron chi connectivity index (χ4n) is 1.96. The third kappa shape index (κ3) is 2.44. The molecule has 7 nitrogen and oxygen atoms in total. The lowest BCUT2D eigenvalue weighted by Gasteiger charge is -2.37. The topological polar surface area (TPSA) is 96.2 Å². The number of carboxylic acid groups (broad SMARTS) is 1. The number of aliphatic carboxylic acids is 1. The quantitative estimate of drug-likeness (QED) is 0.738. The van der Waals surface area contributed by atoms with Gasteiger partial charge in [0, 0.05) is 25.9 Å². The number of hydrogen-bond acceptors (Lipinski definition) is 3. The van der Waals surface area contributed by atoms with Crippen molar-refractivity contribution in [2.75, 3.05) is 11.9 Å². The molecule has 1 aliphatic rings. The molecule has 18 heavy (non-hydrogen) atoms. The van der Waals surface area contributed by atoms with Gasteiger partial charge >= 0.3 is 12.0 Å². The highest BCUT2D eigenvalue weighted by Crippen LogP contribution is 2.40. The lowest BCUT2D eigenvalue weighted by molar-refractivity contribution is -0.153. The molecular weight excluding hydrogens is 236 g/mol. The summed E-state index contributed by atoms with van der Waals surface area (Å²) in [5.74, 6) is -0.403. The molecule has 0 aliphatic heterocycles. The van der Waals surface area contributed by atoms with Crippen LogP contribution in [0.25, 0.3) is 0 Å². The summed E-state index contributed by atoms with van der Waals surface area (Å²) >= 11 is 0. The van der Waals surface area contributed by atoms with Gasteiger partial charge in [0.1, 0.15) is 0 Å². The standard InChI is InChI=1S/C11H16N4O3/c1-15-6-3-8(14-15)13-10(18)12-7-11(9(16)17)4-2-5-11/h3,6H,2,4-5,7H2,1H3,(H,16,17)(H2,12,13,14,18). The predicted octanol–water partition coefficient (Wildman–Crippen LogP) is 0.796. The van der Waals surface area contributed by atoms with Crippen LogP contribution >= 0.6 is 0 Å². The SMILES string of the molecule is Cn1ccc(NC(=O)NCC2(C(=O)O)CCC2)n1. The van der Waals surface area contributed by atoms with Crippen molar-refractivity contribution in [3.63, 3.8) is 0 Å². The molecule has 0 bridgehead atoms. The number of aryl methyl sites for hydroxylation is 1. The van der Waals surface area contributed by atoms with E-state index in [9.17, 15) is 9.59 Å². The molecule has 0 spiro atoms. The number of carbonyl (C=O) groups is 2. The molecule has 0 radical (unpaired) electrons. The van der Waals surface area contributed by atoms with Crippen LogP contribution in [0.15, 0.2) is 12.3 Å². The van der Waals surface area contributed by atoms with Gasteiger partial charge in [0.05, 0.1) is 5.41 Å². The maximum Gasteiger partial charge on any atom is 0.320 e. The molecule has 1 aliphatic carbocycles. The number of urea groups is 1. The van der Waals surface area contributed by atoms with Gasteiger partial charge in [-0.3, -0.25) is 14.8 Å². The zero-order valence-corrected chi connectivity index (χ0v) is 10.1. The third-order valence-corrected chi connectivity index (χ3v) is 3.31. The minimum Gasteiger partial charge on any atom is -0.481 e. The van der Waals surface area contributed by atoms with E-state index in [1.165, 1.54) is 0 Å². The average Bonchev–Trinajstić information content (AvgIpc) is 2.61. The lowest BCUT2D eigenvalue weighted by atomic mass is 9.69. The van der Waals surface area contributed by atoms with Crippen molar-refractivity contribution in [2.45, 2.75) is 19.3 Å². The molecule has 1 saturated carbocycles. The van der Waals surface area contributed by atoms with Crippen LogP contribution in [0, 0.1) is 5.41 Å². The van der Waals surface area contributed by atoms with E-state index in [1.807, 2.05) is 0 Å². The zero-order valence-electron chi connectivity index (χ0n) is 10.1. The average molecular weight is 252 g/mol. The van der Waals surface area contributed by atoms with Gasteiger partial charge in [0.2, 0.25) is 0 Å². The van der Waals surface area contributed by atoms with Crippen molar-refractivity contribution in [2.24, 2.45) is 12.5 Å². The maximum absolute atomic E-state index is 11.6. The van der Waals surface area contributed by atoms with E-state index in [0.29, 0.717) is 18.7 Å². The van der Waals surface area contributed by atoms with Crippen molar-refractivity contribution in [1.82, 2.24) is 15.1 Å². The van der Waals surface area contributed by atoms with Crippen molar-refractivity contribution in [3.8, 4) is 0 Å². The van der Waals surface area contributed by atoms with Crippen LogP contribution in [0.2, 0.25) is 0 Å². The largest absolute Gasteiger partial charge is 0.481 e. The second-order valence-corrected chi connectivity index (χ2v) is 4.62. The minimum absolute atomic E-state index is 0.154. The number of nitrogens with one attached hydrogen (secondary N) is 2. The summed E-state index contributed by atoms with van der Waals surface area (Å²) in [5, 5.41) is 18.2. The Morgan fingerprint density at radius 3 is 2.72 bits per heavy atom. The van der Waals surface area contributed by atoms with Gasteiger partial charge < -0.3 is 10.4 Å². The molecule has 7 heteroatoms. The highest BCUT2D eigenvalue weighted by Gasteiger charge is 2.44. The Bertz CT molecular complexity index is 465. The van der Waals surface area contributed by atoms with Gasteiger partial charge in [-0.25, -0.2) is 4.79 Å². The number of hydrogen-bond donors (Lipinski definition) is 3. The summed E-state index contributed by atoms with van der Waals surface area (Å²) in [6, 6.07) is 1.23.